The molecule has 0 aromatic carbocycles. The SMILES string of the molecule is O=C(CC1CCN(c2ccc(C(F)(F)F)nc2)CC1)N1CCOCC1. The number of aromatic nitrogens is 1. The molecule has 3 heterocycles. The topological polar surface area (TPSA) is 45.7 Å². The van der Waals surface area contributed by atoms with Crippen LogP contribution >= 0.6 is 0 Å². The number of morpholine rings is 1. The molecule has 0 aliphatic carbocycles. The average molecular weight is 357 g/mol. The monoisotopic (exact) mass is 357 g/mol. The van der Waals surface area contributed by atoms with Gasteiger partial charge in [-0.25, -0.2) is 4.98 Å². The highest BCUT2D eigenvalue weighted by molar-refractivity contribution is 5.76. The second kappa shape index (κ2) is 7.59. The maximum Gasteiger partial charge on any atom is 0.433 e. The second-order valence-electron chi connectivity index (χ2n) is 6.53. The lowest BCUT2D eigenvalue weighted by atomic mass is 9.92. The van der Waals surface area contributed by atoms with Crippen LogP contribution in [-0.4, -0.2) is 55.2 Å². The molecule has 0 bridgehead atoms. The molecule has 2 aliphatic heterocycles. The van der Waals surface area contributed by atoms with Gasteiger partial charge in [-0.15, -0.1) is 0 Å². The predicted octanol–water partition coefficient (Wildman–Crippen LogP) is 2.57. The van der Waals surface area contributed by atoms with Gasteiger partial charge in [0.2, 0.25) is 5.91 Å². The van der Waals surface area contributed by atoms with E-state index in [0.29, 0.717) is 44.3 Å². The van der Waals surface area contributed by atoms with Gasteiger partial charge in [0.05, 0.1) is 25.1 Å². The number of carbonyl (C=O) groups is 1. The van der Waals surface area contributed by atoms with Crippen LogP contribution in [0.2, 0.25) is 0 Å². The van der Waals surface area contributed by atoms with Crippen LogP contribution < -0.4 is 4.90 Å². The van der Waals surface area contributed by atoms with E-state index >= 15 is 0 Å². The van der Waals surface area contributed by atoms with Crippen molar-refractivity contribution in [1.29, 1.82) is 0 Å². The number of amides is 1. The highest BCUT2D eigenvalue weighted by atomic mass is 19.4. The minimum absolute atomic E-state index is 0.179. The fourth-order valence-corrected chi connectivity index (χ4v) is 3.32. The van der Waals surface area contributed by atoms with Gasteiger partial charge in [0.25, 0.3) is 0 Å². The Hall–Kier alpha value is -1.83. The van der Waals surface area contributed by atoms with Crippen molar-refractivity contribution in [2.75, 3.05) is 44.3 Å². The molecule has 2 saturated heterocycles. The molecular weight excluding hydrogens is 335 g/mol. The quantitative estimate of drug-likeness (QED) is 0.834. The average Bonchev–Trinajstić information content (AvgIpc) is 2.62. The molecule has 0 atom stereocenters. The van der Waals surface area contributed by atoms with E-state index in [2.05, 4.69) is 4.98 Å². The summed E-state index contributed by atoms with van der Waals surface area (Å²) >= 11 is 0. The molecule has 138 valence electrons. The van der Waals surface area contributed by atoms with Gasteiger partial charge in [0.15, 0.2) is 0 Å². The molecule has 1 aromatic rings. The van der Waals surface area contributed by atoms with E-state index in [4.69, 9.17) is 4.74 Å². The van der Waals surface area contributed by atoms with Crippen LogP contribution in [0.3, 0.4) is 0 Å². The minimum atomic E-state index is -4.41. The van der Waals surface area contributed by atoms with Crippen molar-refractivity contribution < 1.29 is 22.7 Å². The second-order valence-corrected chi connectivity index (χ2v) is 6.53. The zero-order valence-corrected chi connectivity index (χ0v) is 14.0. The molecule has 2 fully saturated rings. The molecule has 0 N–H and O–H groups in total. The first-order valence-electron chi connectivity index (χ1n) is 8.57. The summed E-state index contributed by atoms with van der Waals surface area (Å²) in [4.78, 5) is 19.7. The molecule has 0 spiro atoms. The lowest BCUT2D eigenvalue weighted by Gasteiger charge is -2.34. The highest BCUT2D eigenvalue weighted by Crippen LogP contribution is 2.30. The Morgan fingerprint density at radius 2 is 1.84 bits per heavy atom. The molecule has 0 unspecified atom stereocenters. The summed E-state index contributed by atoms with van der Waals surface area (Å²) in [7, 11) is 0. The standard InChI is InChI=1S/C17H22F3N3O2/c18-17(19,20)15-2-1-14(12-21-15)22-5-3-13(4-6-22)11-16(24)23-7-9-25-10-8-23/h1-2,12-13H,3-11H2. The van der Waals surface area contributed by atoms with E-state index in [1.807, 2.05) is 9.80 Å². The number of carbonyl (C=O) groups excluding carboxylic acids is 1. The van der Waals surface area contributed by atoms with Crippen molar-refractivity contribution >= 4 is 11.6 Å². The van der Waals surface area contributed by atoms with Crippen molar-refractivity contribution in [3.05, 3.63) is 24.0 Å². The number of anilines is 1. The Kier molecular flexibility index (Phi) is 5.46. The third kappa shape index (κ3) is 4.62. The highest BCUT2D eigenvalue weighted by Gasteiger charge is 2.32. The van der Waals surface area contributed by atoms with E-state index in [-0.39, 0.29) is 5.91 Å². The molecule has 1 aromatic heterocycles. The first-order valence-corrected chi connectivity index (χ1v) is 8.57. The Morgan fingerprint density at radius 1 is 1.16 bits per heavy atom. The van der Waals surface area contributed by atoms with E-state index < -0.39 is 11.9 Å². The summed E-state index contributed by atoms with van der Waals surface area (Å²) in [6.45, 7) is 3.99. The van der Waals surface area contributed by atoms with Crippen LogP contribution in [0.1, 0.15) is 25.0 Å². The van der Waals surface area contributed by atoms with E-state index in [0.717, 1.165) is 32.0 Å². The van der Waals surface area contributed by atoms with Crippen LogP contribution in [0.15, 0.2) is 18.3 Å². The van der Waals surface area contributed by atoms with Crippen molar-refractivity contribution in [2.45, 2.75) is 25.4 Å². The molecule has 0 saturated carbocycles. The third-order valence-corrected chi connectivity index (χ3v) is 4.85. The molecule has 3 rings (SSSR count). The first kappa shape index (κ1) is 18.0. The fourth-order valence-electron chi connectivity index (χ4n) is 3.32. The molecule has 0 radical (unpaired) electrons. The molecular formula is C17H22F3N3O2. The summed E-state index contributed by atoms with van der Waals surface area (Å²) in [5.41, 5.74) is -0.173. The lowest BCUT2D eigenvalue weighted by Crippen LogP contribution is -2.42. The largest absolute Gasteiger partial charge is 0.433 e. The van der Waals surface area contributed by atoms with Gasteiger partial charge in [-0.3, -0.25) is 4.79 Å². The number of ether oxygens (including phenoxy) is 1. The van der Waals surface area contributed by atoms with Gasteiger partial charge in [0.1, 0.15) is 5.69 Å². The van der Waals surface area contributed by atoms with Gasteiger partial charge >= 0.3 is 6.18 Å². The number of rotatable bonds is 3. The van der Waals surface area contributed by atoms with E-state index in [1.54, 1.807) is 0 Å². The van der Waals surface area contributed by atoms with Crippen molar-refractivity contribution in [3.8, 4) is 0 Å². The first-order chi connectivity index (χ1) is 11.9. The van der Waals surface area contributed by atoms with Gasteiger partial charge in [-0.1, -0.05) is 0 Å². The Bertz CT molecular complexity index is 578. The van der Waals surface area contributed by atoms with Gasteiger partial charge in [-0.05, 0) is 30.9 Å². The van der Waals surface area contributed by atoms with Crippen LogP contribution in [0.4, 0.5) is 18.9 Å². The lowest BCUT2D eigenvalue weighted by molar-refractivity contribution is -0.141. The number of hydrogen-bond acceptors (Lipinski definition) is 4. The van der Waals surface area contributed by atoms with Crippen molar-refractivity contribution in [2.24, 2.45) is 5.92 Å². The number of pyridine rings is 1. The van der Waals surface area contributed by atoms with Crippen molar-refractivity contribution in [3.63, 3.8) is 0 Å². The smallest absolute Gasteiger partial charge is 0.378 e. The zero-order valence-electron chi connectivity index (χ0n) is 14.0. The van der Waals surface area contributed by atoms with Crippen LogP contribution in [0.5, 0.6) is 0 Å². The number of piperidine rings is 1. The summed E-state index contributed by atoms with van der Waals surface area (Å²) in [5, 5.41) is 0. The van der Waals surface area contributed by atoms with Gasteiger partial charge in [0, 0.05) is 32.6 Å². The Balaban J connectivity index is 1.49. The summed E-state index contributed by atoms with van der Waals surface area (Å²) in [6.07, 6.45) is -0.874. The summed E-state index contributed by atoms with van der Waals surface area (Å²) in [6, 6.07) is 2.48. The fraction of sp³-hybridized carbons (Fsp3) is 0.647. The predicted molar refractivity (Wildman–Crippen MR) is 86.2 cm³/mol. The van der Waals surface area contributed by atoms with E-state index in [1.165, 1.54) is 12.3 Å². The number of hydrogen-bond donors (Lipinski definition) is 0. The number of halogens is 3. The summed E-state index contributed by atoms with van der Waals surface area (Å²) < 4.78 is 43.0. The third-order valence-electron chi connectivity index (χ3n) is 4.85. The Morgan fingerprint density at radius 3 is 2.40 bits per heavy atom. The zero-order chi connectivity index (χ0) is 17.9. The molecule has 8 heteroatoms. The normalized spacial score (nSPS) is 20.0. The van der Waals surface area contributed by atoms with Gasteiger partial charge in [-0.2, -0.15) is 13.2 Å². The number of alkyl halides is 3. The maximum atomic E-state index is 12.6. The van der Waals surface area contributed by atoms with Crippen LogP contribution in [0.25, 0.3) is 0 Å². The Labute approximate surface area is 144 Å². The van der Waals surface area contributed by atoms with Crippen molar-refractivity contribution in [1.82, 2.24) is 9.88 Å². The molecule has 5 nitrogen and oxygen atoms in total. The molecule has 2 aliphatic rings. The summed E-state index contributed by atoms with van der Waals surface area (Å²) in [5.74, 6) is 0.506. The maximum absolute atomic E-state index is 12.6. The van der Waals surface area contributed by atoms with Crippen LogP contribution in [-0.2, 0) is 15.7 Å². The van der Waals surface area contributed by atoms with E-state index in [9.17, 15) is 18.0 Å². The minimum Gasteiger partial charge on any atom is -0.378 e. The molecule has 1 amide bonds. The number of nitrogens with zero attached hydrogens (tertiary/aromatic N) is 3. The van der Waals surface area contributed by atoms with Crippen LogP contribution in [0, 0.1) is 5.92 Å². The molecule has 25 heavy (non-hydrogen) atoms. The van der Waals surface area contributed by atoms with Gasteiger partial charge < -0.3 is 14.5 Å².